The topological polar surface area (TPSA) is 97.0 Å². The highest BCUT2D eigenvalue weighted by atomic mass is 16.2. The third-order valence-electron chi connectivity index (χ3n) is 5.93. The van der Waals surface area contributed by atoms with E-state index < -0.39 is 0 Å². The Morgan fingerprint density at radius 1 is 1.06 bits per heavy atom. The van der Waals surface area contributed by atoms with Gasteiger partial charge in [0, 0.05) is 39.3 Å². The summed E-state index contributed by atoms with van der Waals surface area (Å²) in [5.74, 6) is 1.53. The van der Waals surface area contributed by atoms with Gasteiger partial charge < -0.3 is 10.2 Å². The number of piperazine rings is 1. The minimum absolute atomic E-state index is 0.0478. The number of hydrogen-bond acceptors (Lipinski definition) is 7. The van der Waals surface area contributed by atoms with Gasteiger partial charge in [-0.2, -0.15) is 10.2 Å². The summed E-state index contributed by atoms with van der Waals surface area (Å²) in [6.07, 6.45) is 3.39. The van der Waals surface area contributed by atoms with Crippen LogP contribution in [-0.2, 0) is 11.8 Å². The Morgan fingerprint density at radius 3 is 2.58 bits per heavy atom. The molecule has 1 amide bonds. The van der Waals surface area contributed by atoms with E-state index in [0.717, 1.165) is 54.4 Å². The number of carbonyl (C=O) groups excluding carboxylic acids is 1. The van der Waals surface area contributed by atoms with Gasteiger partial charge in [-0.15, -0.1) is 0 Å². The predicted molar refractivity (Wildman–Crippen MR) is 127 cm³/mol. The van der Waals surface area contributed by atoms with E-state index in [4.69, 9.17) is 0 Å². The number of aryl methyl sites for hydroxylation is 3. The maximum Gasteiger partial charge on any atom is 0.239 e. The Hall–Kier alpha value is -3.79. The lowest BCUT2D eigenvalue weighted by molar-refractivity contribution is -0.117. The maximum atomic E-state index is 12.8. The first-order valence-corrected chi connectivity index (χ1v) is 11.0. The minimum Gasteiger partial charge on any atom is -0.353 e. The van der Waals surface area contributed by atoms with Crippen LogP contribution in [0, 0.1) is 13.8 Å². The van der Waals surface area contributed by atoms with Crippen LogP contribution in [0.25, 0.3) is 16.7 Å². The quantitative estimate of drug-likeness (QED) is 0.501. The Balaban J connectivity index is 1.21. The number of nitrogens with zero attached hydrogens (tertiary/aromatic N) is 8. The summed E-state index contributed by atoms with van der Waals surface area (Å²) >= 11 is 0. The molecule has 4 heterocycles. The third kappa shape index (κ3) is 4.29. The molecule has 0 radical (unpaired) electrons. The molecule has 1 aromatic carbocycles. The van der Waals surface area contributed by atoms with Crippen LogP contribution < -0.4 is 10.2 Å². The normalized spacial score (nSPS) is 14.7. The number of amides is 1. The third-order valence-corrected chi connectivity index (χ3v) is 5.93. The van der Waals surface area contributed by atoms with Crippen LogP contribution in [0.5, 0.6) is 0 Å². The molecule has 4 aromatic rings. The molecular weight excluding hydrogens is 418 g/mol. The van der Waals surface area contributed by atoms with Crippen molar-refractivity contribution in [3.8, 4) is 5.69 Å². The average molecular weight is 446 g/mol. The van der Waals surface area contributed by atoms with Crippen molar-refractivity contribution in [2.24, 2.45) is 7.05 Å². The highest BCUT2D eigenvalue weighted by molar-refractivity contribution is 5.92. The number of nitrogens with one attached hydrogen (secondary N) is 1. The molecule has 0 atom stereocenters. The predicted octanol–water partition coefficient (Wildman–Crippen LogP) is 1.93. The molecule has 1 aliphatic heterocycles. The molecule has 5 rings (SSSR count). The molecule has 10 heteroatoms. The second kappa shape index (κ2) is 8.62. The van der Waals surface area contributed by atoms with Crippen molar-refractivity contribution in [1.82, 2.24) is 34.4 Å². The molecule has 0 aliphatic carbocycles. The van der Waals surface area contributed by atoms with Gasteiger partial charge in [0.25, 0.3) is 0 Å². The lowest BCUT2D eigenvalue weighted by atomic mass is 10.2. The van der Waals surface area contributed by atoms with Gasteiger partial charge in [0.05, 0.1) is 29.5 Å². The number of carbonyl (C=O) groups is 1. The number of anilines is 2. The van der Waals surface area contributed by atoms with Crippen LogP contribution in [-0.4, -0.2) is 73.1 Å². The Morgan fingerprint density at radius 2 is 1.82 bits per heavy atom. The van der Waals surface area contributed by atoms with Gasteiger partial charge in [0.1, 0.15) is 18.0 Å². The lowest BCUT2D eigenvalue weighted by Gasteiger charge is -2.35. The van der Waals surface area contributed by atoms with Crippen LogP contribution in [0.3, 0.4) is 0 Å². The molecule has 0 bridgehead atoms. The molecule has 1 saturated heterocycles. The lowest BCUT2D eigenvalue weighted by Crippen LogP contribution is -2.49. The summed E-state index contributed by atoms with van der Waals surface area (Å²) in [4.78, 5) is 26.0. The number of fused-ring (bicyclic) bond motifs is 1. The molecule has 3 aromatic heterocycles. The second-order valence-electron chi connectivity index (χ2n) is 8.43. The molecule has 170 valence electrons. The Bertz CT molecular complexity index is 1280. The van der Waals surface area contributed by atoms with Crippen LogP contribution in [0.2, 0.25) is 0 Å². The van der Waals surface area contributed by atoms with Gasteiger partial charge in [-0.25, -0.2) is 14.6 Å². The SMILES string of the molecule is Cc1ccc(-n2nc(C)cc2NC(=O)CN2CCN(c3ncnc4c3cnn4C)CC2)cc1. The maximum absolute atomic E-state index is 12.8. The van der Waals surface area contributed by atoms with Crippen molar-refractivity contribution >= 4 is 28.6 Å². The first-order chi connectivity index (χ1) is 16.0. The highest BCUT2D eigenvalue weighted by Crippen LogP contribution is 2.23. The average Bonchev–Trinajstić information content (AvgIpc) is 3.37. The van der Waals surface area contributed by atoms with Gasteiger partial charge in [-0.3, -0.25) is 14.4 Å². The van der Waals surface area contributed by atoms with Crippen LogP contribution in [0.15, 0.2) is 42.9 Å². The van der Waals surface area contributed by atoms with E-state index in [-0.39, 0.29) is 5.91 Å². The van der Waals surface area contributed by atoms with E-state index >= 15 is 0 Å². The molecule has 0 spiro atoms. The summed E-state index contributed by atoms with van der Waals surface area (Å²) in [6.45, 7) is 7.42. The summed E-state index contributed by atoms with van der Waals surface area (Å²) in [5.41, 5.74) is 3.77. The van der Waals surface area contributed by atoms with E-state index in [1.54, 1.807) is 15.7 Å². The van der Waals surface area contributed by atoms with Crippen molar-refractivity contribution in [1.29, 1.82) is 0 Å². The van der Waals surface area contributed by atoms with E-state index in [1.807, 2.05) is 57.4 Å². The van der Waals surface area contributed by atoms with Crippen molar-refractivity contribution in [3.05, 3.63) is 54.1 Å². The molecule has 33 heavy (non-hydrogen) atoms. The fourth-order valence-corrected chi connectivity index (χ4v) is 4.18. The van der Waals surface area contributed by atoms with Gasteiger partial charge in [0.15, 0.2) is 5.65 Å². The highest BCUT2D eigenvalue weighted by Gasteiger charge is 2.23. The fraction of sp³-hybridized carbons (Fsp3) is 0.348. The smallest absolute Gasteiger partial charge is 0.239 e. The molecule has 0 unspecified atom stereocenters. The van der Waals surface area contributed by atoms with E-state index in [9.17, 15) is 4.79 Å². The summed E-state index contributed by atoms with van der Waals surface area (Å²) < 4.78 is 3.53. The summed E-state index contributed by atoms with van der Waals surface area (Å²) in [6, 6.07) is 9.97. The standard InChI is InChI=1S/C23H27N9O/c1-16-4-6-18(7-5-16)32-20(12-17(2)28-32)27-21(33)14-30-8-10-31(11-9-30)23-19-13-26-29(3)22(19)24-15-25-23/h4-7,12-13,15H,8-11,14H2,1-3H3,(H,27,33). The van der Waals surface area contributed by atoms with Crippen molar-refractivity contribution in [2.45, 2.75) is 13.8 Å². The first kappa shape index (κ1) is 21.1. The number of hydrogen-bond donors (Lipinski definition) is 1. The van der Waals surface area contributed by atoms with E-state index in [0.29, 0.717) is 12.4 Å². The Kier molecular flexibility index (Phi) is 5.51. The number of rotatable bonds is 5. The van der Waals surface area contributed by atoms with Gasteiger partial charge in [-0.1, -0.05) is 17.7 Å². The van der Waals surface area contributed by atoms with Crippen molar-refractivity contribution < 1.29 is 4.79 Å². The van der Waals surface area contributed by atoms with Gasteiger partial charge in [0.2, 0.25) is 5.91 Å². The number of aromatic nitrogens is 6. The first-order valence-electron chi connectivity index (χ1n) is 11.0. The van der Waals surface area contributed by atoms with Crippen LogP contribution in [0.4, 0.5) is 11.6 Å². The Labute approximate surface area is 191 Å². The van der Waals surface area contributed by atoms with Crippen molar-refractivity contribution in [3.63, 3.8) is 0 Å². The molecule has 1 aliphatic rings. The second-order valence-corrected chi connectivity index (χ2v) is 8.43. The minimum atomic E-state index is -0.0478. The summed E-state index contributed by atoms with van der Waals surface area (Å²) in [7, 11) is 1.88. The van der Waals surface area contributed by atoms with Crippen LogP contribution in [0.1, 0.15) is 11.3 Å². The molecule has 1 N–H and O–H groups in total. The van der Waals surface area contributed by atoms with Crippen molar-refractivity contribution in [2.75, 3.05) is 42.9 Å². The molecular formula is C23H27N9O. The van der Waals surface area contributed by atoms with E-state index in [1.165, 1.54) is 5.56 Å². The molecule has 0 saturated carbocycles. The van der Waals surface area contributed by atoms with Gasteiger partial charge in [-0.05, 0) is 26.0 Å². The number of benzene rings is 1. The zero-order valence-corrected chi connectivity index (χ0v) is 19.1. The zero-order chi connectivity index (χ0) is 22.9. The van der Waals surface area contributed by atoms with Crippen LogP contribution >= 0.6 is 0 Å². The molecule has 1 fully saturated rings. The van der Waals surface area contributed by atoms with Gasteiger partial charge >= 0.3 is 0 Å². The molecule has 10 nitrogen and oxygen atoms in total. The largest absolute Gasteiger partial charge is 0.353 e. The van der Waals surface area contributed by atoms with E-state index in [2.05, 4.69) is 35.3 Å². The zero-order valence-electron chi connectivity index (χ0n) is 19.1. The fourth-order valence-electron chi connectivity index (χ4n) is 4.18. The monoisotopic (exact) mass is 445 g/mol. The summed E-state index contributed by atoms with van der Waals surface area (Å²) in [5, 5.41) is 12.8.